The predicted octanol–water partition coefficient (Wildman–Crippen LogP) is 5.83. The van der Waals surface area contributed by atoms with Gasteiger partial charge in [0.1, 0.15) is 0 Å². The molecule has 0 radical (unpaired) electrons. The standard InChI is InChI=1S/C18H21BrNO3P/c1-3-22-24(21,23-4-2)18(16-8-6-5-7-9-16)20-14-15-10-12-17(19)13-11-15/h5-14,18H,3-4H2,1-2H3/b20-14+. The van der Waals surface area contributed by atoms with Crippen molar-refractivity contribution in [3.05, 3.63) is 70.2 Å². The Kier molecular flexibility index (Phi) is 7.38. The molecule has 2 aromatic carbocycles. The summed E-state index contributed by atoms with van der Waals surface area (Å²) in [4.78, 5) is 4.55. The van der Waals surface area contributed by atoms with E-state index < -0.39 is 13.4 Å². The molecule has 2 aromatic rings. The van der Waals surface area contributed by atoms with E-state index in [0.29, 0.717) is 13.2 Å². The van der Waals surface area contributed by atoms with E-state index in [-0.39, 0.29) is 0 Å². The molecule has 4 nitrogen and oxygen atoms in total. The molecule has 1 unspecified atom stereocenters. The van der Waals surface area contributed by atoms with Crippen molar-refractivity contribution in [2.45, 2.75) is 19.6 Å². The van der Waals surface area contributed by atoms with Gasteiger partial charge in [0.25, 0.3) is 0 Å². The third-order valence-corrected chi connectivity index (χ3v) is 6.05. The molecule has 0 heterocycles. The molecule has 0 fully saturated rings. The average molecular weight is 410 g/mol. The van der Waals surface area contributed by atoms with Crippen molar-refractivity contribution in [3.8, 4) is 0 Å². The first-order chi connectivity index (χ1) is 11.6. The van der Waals surface area contributed by atoms with Crippen LogP contribution in [0.1, 0.15) is 30.8 Å². The summed E-state index contributed by atoms with van der Waals surface area (Å²) in [6.45, 7) is 4.20. The van der Waals surface area contributed by atoms with E-state index in [1.54, 1.807) is 20.1 Å². The lowest BCUT2D eigenvalue weighted by Gasteiger charge is -2.23. The highest BCUT2D eigenvalue weighted by Crippen LogP contribution is 2.61. The van der Waals surface area contributed by atoms with Crippen LogP contribution in [0.2, 0.25) is 0 Å². The maximum Gasteiger partial charge on any atom is 0.359 e. The van der Waals surface area contributed by atoms with Crippen LogP contribution >= 0.6 is 23.5 Å². The van der Waals surface area contributed by atoms with Gasteiger partial charge in [0.15, 0.2) is 5.78 Å². The second kappa shape index (κ2) is 9.28. The molecular weight excluding hydrogens is 389 g/mol. The molecule has 2 rings (SSSR count). The number of nitrogens with zero attached hydrogens (tertiary/aromatic N) is 1. The van der Waals surface area contributed by atoms with Crippen molar-refractivity contribution in [3.63, 3.8) is 0 Å². The summed E-state index contributed by atoms with van der Waals surface area (Å²) in [5.74, 6) is -0.692. The van der Waals surface area contributed by atoms with E-state index in [4.69, 9.17) is 9.05 Å². The summed E-state index contributed by atoms with van der Waals surface area (Å²) in [5.41, 5.74) is 1.72. The predicted molar refractivity (Wildman–Crippen MR) is 102 cm³/mol. The molecule has 0 aliphatic carbocycles. The normalized spacial score (nSPS) is 13.3. The van der Waals surface area contributed by atoms with Crippen molar-refractivity contribution >= 4 is 29.7 Å². The topological polar surface area (TPSA) is 47.9 Å². The molecule has 0 saturated carbocycles. The SMILES string of the molecule is CCOP(=O)(OCC)C(/N=C/c1ccc(Br)cc1)c1ccccc1. The minimum absolute atomic E-state index is 0.300. The maximum atomic E-state index is 13.2. The van der Waals surface area contributed by atoms with Crippen LogP contribution in [0.5, 0.6) is 0 Å². The molecule has 128 valence electrons. The van der Waals surface area contributed by atoms with Crippen LogP contribution in [0.4, 0.5) is 0 Å². The fraction of sp³-hybridized carbons (Fsp3) is 0.278. The molecule has 0 spiro atoms. The second-order valence-electron chi connectivity index (χ2n) is 4.99. The quantitative estimate of drug-likeness (QED) is 0.406. The lowest BCUT2D eigenvalue weighted by Crippen LogP contribution is -2.05. The molecule has 0 N–H and O–H groups in total. The van der Waals surface area contributed by atoms with Gasteiger partial charge >= 0.3 is 7.60 Å². The van der Waals surface area contributed by atoms with Crippen molar-refractivity contribution < 1.29 is 13.6 Å². The van der Waals surface area contributed by atoms with Crippen LogP contribution in [0.25, 0.3) is 0 Å². The van der Waals surface area contributed by atoms with Gasteiger partial charge in [-0.25, -0.2) is 0 Å². The molecule has 0 amide bonds. The van der Waals surface area contributed by atoms with Crippen molar-refractivity contribution in [2.24, 2.45) is 4.99 Å². The zero-order valence-corrected chi connectivity index (χ0v) is 16.2. The fourth-order valence-electron chi connectivity index (χ4n) is 2.22. The average Bonchev–Trinajstić information content (AvgIpc) is 2.58. The number of hydrogen-bond donors (Lipinski definition) is 0. The fourth-order valence-corrected chi connectivity index (χ4v) is 4.33. The number of rotatable bonds is 8. The summed E-state index contributed by atoms with van der Waals surface area (Å²) in [6, 6.07) is 17.2. The molecule has 0 bridgehead atoms. The number of halogens is 1. The second-order valence-corrected chi connectivity index (χ2v) is 7.99. The van der Waals surface area contributed by atoms with Crippen LogP contribution in [-0.4, -0.2) is 19.4 Å². The van der Waals surface area contributed by atoms with Gasteiger partial charge in [-0.3, -0.25) is 9.56 Å². The number of aliphatic imine (C=N–C) groups is 1. The van der Waals surface area contributed by atoms with Crippen LogP contribution in [-0.2, 0) is 13.6 Å². The van der Waals surface area contributed by atoms with E-state index in [0.717, 1.165) is 15.6 Å². The lowest BCUT2D eigenvalue weighted by molar-refractivity contribution is 0.212. The smallest absolute Gasteiger partial charge is 0.307 e. The molecule has 1 atom stereocenters. The molecular formula is C18H21BrNO3P. The maximum absolute atomic E-state index is 13.2. The van der Waals surface area contributed by atoms with Gasteiger partial charge in [0.2, 0.25) is 0 Å². The highest BCUT2D eigenvalue weighted by atomic mass is 79.9. The lowest BCUT2D eigenvalue weighted by atomic mass is 10.2. The summed E-state index contributed by atoms with van der Waals surface area (Å²) >= 11 is 3.41. The summed E-state index contributed by atoms with van der Waals surface area (Å²) in [7, 11) is -3.41. The van der Waals surface area contributed by atoms with Crippen LogP contribution < -0.4 is 0 Å². The van der Waals surface area contributed by atoms with Gasteiger partial charge in [-0.05, 0) is 37.1 Å². The first-order valence-electron chi connectivity index (χ1n) is 7.81. The van der Waals surface area contributed by atoms with Crippen molar-refractivity contribution in [1.82, 2.24) is 0 Å². The summed E-state index contributed by atoms with van der Waals surface area (Å²) < 4.78 is 25.2. The van der Waals surface area contributed by atoms with Gasteiger partial charge in [-0.1, -0.05) is 58.4 Å². The Morgan fingerprint density at radius 1 is 1.04 bits per heavy atom. The molecule has 0 aromatic heterocycles. The van der Waals surface area contributed by atoms with Crippen LogP contribution in [0, 0.1) is 0 Å². The zero-order valence-electron chi connectivity index (χ0n) is 13.8. The van der Waals surface area contributed by atoms with Crippen LogP contribution in [0.15, 0.2) is 64.1 Å². The molecule has 0 aliphatic rings. The van der Waals surface area contributed by atoms with Gasteiger partial charge in [-0.15, -0.1) is 0 Å². The van der Waals surface area contributed by atoms with Gasteiger partial charge in [0.05, 0.1) is 13.2 Å². The van der Waals surface area contributed by atoms with E-state index >= 15 is 0 Å². The third-order valence-electron chi connectivity index (χ3n) is 3.25. The Morgan fingerprint density at radius 2 is 1.62 bits per heavy atom. The largest absolute Gasteiger partial charge is 0.359 e. The Morgan fingerprint density at radius 3 is 2.17 bits per heavy atom. The summed E-state index contributed by atoms with van der Waals surface area (Å²) in [6.07, 6.45) is 1.70. The first kappa shape index (κ1) is 19.1. The summed E-state index contributed by atoms with van der Waals surface area (Å²) in [5, 5.41) is 0. The minimum atomic E-state index is -3.41. The number of hydrogen-bond acceptors (Lipinski definition) is 4. The minimum Gasteiger partial charge on any atom is -0.307 e. The Bertz CT molecular complexity index is 694. The zero-order chi connectivity index (χ0) is 17.4. The molecule has 6 heteroatoms. The monoisotopic (exact) mass is 409 g/mol. The van der Waals surface area contributed by atoms with Gasteiger partial charge in [0, 0.05) is 10.7 Å². The third kappa shape index (κ3) is 5.12. The Balaban J connectivity index is 2.39. The highest BCUT2D eigenvalue weighted by Gasteiger charge is 2.36. The molecule has 0 aliphatic heterocycles. The highest BCUT2D eigenvalue weighted by molar-refractivity contribution is 9.10. The van der Waals surface area contributed by atoms with E-state index in [2.05, 4.69) is 20.9 Å². The van der Waals surface area contributed by atoms with E-state index in [9.17, 15) is 4.57 Å². The van der Waals surface area contributed by atoms with Crippen molar-refractivity contribution in [1.29, 1.82) is 0 Å². The van der Waals surface area contributed by atoms with E-state index in [1.807, 2.05) is 54.6 Å². The Hall–Kier alpha value is -1.26. The van der Waals surface area contributed by atoms with Gasteiger partial charge < -0.3 is 9.05 Å². The molecule has 0 saturated heterocycles. The van der Waals surface area contributed by atoms with E-state index in [1.165, 1.54) is 0 Å². The van der Waals surface area contributed by atoms with Crippen molar-refractivity contribution in [2.75, 3.05) is 13.2 Å². The Labute approximate surface area is 151 Å². The van der Waals surface area contributed by atoms with Crippen LogP contribution in [0.3, 0.4) is 0 Å². The number of benzene rings is 2. The molecule has 24 heavy (non-hydrogen) atoms. The first-order valence-corrected chi connectivity index (χ1v) is 10.2. The van der Waals surface area contributed by atoms with Gasteiger partial charge in [-0.2, -0.15) is 0 Å².